The first-order chi connectivity index (χ1) is 11.0. The number of carboxylic acids is 1. The summed E-state index contributed by atoms with van der Waals surface area (Å²) in [6.45, 7) is 1.73. The Bertz CT molecular complexity index is 818. The lowest BCUT2D eigenvalue weighted by Gasteiger charge is -2.21. The molecule has 4 nitrogen and oxygen atoms in total. The van der Waals surface area contributed by atoms with Gasteiger partial charge in [-0.05, 0) is 30.7 Å². The van der Waals surface area contributed by atoms with Crippen LogP contribution in [0.15, 0.2) is 53.7 Å². The molecule has 118 valence electrons. The molecule has 1 unspecified atom stereocenters. The van der Waals surface area contributed by atoms with E-state index in [9.17, 15) is 9.90 Å². The molecule has 0 saturated carbocycles. The van der Waals surface area contributed by atoms with Crippen molar-refractivity contribution in [2.75, 3.05) is 10.6 Å². The van der Waals surface area contributed by atoms with E-state index in [4.69, 9.17) is 23.2 Å². The number of carbonyl (C=O) groups is 1. The molecule has 1 heterocycles. The van der Waals surface area contributed by atoms with E-state index in [-0.39, 0.29) is 5.57 Å². The van der Waals surface area contributed by atoms with E-state index in [1.54, 1.807) is 25.1 Å². The third-order valence-electron chi connectivity index (χ3n) is 3.76. The van der Waals surface area contributed by atoms with Gasteiger partial charge in [-0.25, -0.2) is 4.79 Å². The maximum Gasteiger partial charge on any atom is 0.335 e. The Morgan fingerprint density at radius 2 is 1.78 bits per heavy atom. The predicted molar refractivity (Wildman–Crippen MR) is 93.2 cm³/mol. The van der Waals surface area contributed by atoms with Crippen LogP contribution in [0.5, 0.6) is 0 Å². The lowest BCUT2D eigenvalue weighted by molar-refractivity contribution is -0.133. The van der Waals surface area contributed by atoms with Crippen LogP contribution in [0.25, 0.3) is 0 Å². The molecule has 0 amide bonds. The number of hydrogen-bond acceptors (Lipinski definition) is 3. The van der Waals surface area contributed by atoms with Gasteiger partial charge in [-0.2, -0.15) is 0 Å². The van der Waals surface area contributed by atoms with E-state index in [1.165, 1.54) is 0 Å². The summed E-state index contributed by atoms with van der Waals surface area (Å²) in [6, 6.07) is 12.1. The van der Waals surface area contributed by atoms with Crippen molar-refractivity contribution in [1.29, 1.82) is 0 Å². The number of allylic oxidation sites excluding steroid dienone is 1. The van der Waals surface area contributed by atoms with Crippen molar-refractivity contribution in [3.05, 3.63) is 69.3 Å². The van der Waals surface area contributed by atoms with Crippen LogP contribution >= 0.6 is 23.2 Å². The van der Waals surface area contributed by atoms with Crippen LogP contribution in [0.4, 0.5) is 11.4 Å². The molecular weight excluding hydrogens is 335 g/mol. The molecule has 0 bridgehead atoms. The van der Waals surface area contributed by atoms with Gasteiger partial charge < -0.3 is 15.7 Å². The Kier molecular flexibility index (Phi) is 4.20. The second-order valence-corrected chi connectivity index (χ2v) is 6.02. The summed E-state index contributed by atoms with van der Waals surface area (Å²) in [5, 5.41) is 16.8. The van der Waals surface area contributed by atoms with Crippen molar-refractivity contribution in [2.45, 2.75) is 13.0 Å². The van der Waals surface area contributed by atoms with E-state index in [0.717, 1.165) is 11.4 Å². The molecule has 6 heteroatoms. The smallest absolute Gasteiger partial charge is 0.335 e. The van der Waals surface area contributed by atoms with Crippen molar-refractivity contribution in [3.63, 3.8) is 0 Å². The fourth-order valence-corrected chi connectivity index (χ4v) is 3.11. The molecule has 2 aromatic carbocycles. The lowest BCUT2D eigenvalue weighted by Crippen LogP contribution is -2.20. The second kappa shape index (κ2) is 6.14. The summed E-state index contributed by atoms with van der Waals surface area (Å²) in [5.74, 6) is -1.02. The van der Waals surface area contributed by atoms with Gasteiger partial charge in [0.1, 0.15) is 0 Å². The normalized spacial score (nSPS) is 16.9. The summed E-state index contributed by atoms with van der Waals surface area (Å²) in [7, 11) is 0. The number of para-hydroxylation sites is 2. The standard InChI is InChI=1S/C17H14Cl2N2O2/c1-9-14(17(22)23)16(10-5-4-6-11(18)15(10)19)21-13-8-3-2-7-12(13)20-9/h2-8,16,20-21H,1H3,(H,22,23). The third-order valence-corrected chi connectivity index (χ3v) is 4.60. The molecule has 0 fully saturated rings. The maximum atomic E-state index is 11.8. The van der Waals surface area contributed by atoms with Crippen LogP contribution in [0.1, 0.15) is 18.5 Å². The molecule has 0 saturated heterocycles. The zero-order valence-electron chi connectivity index (χ0n) is 12.2. The molecule has 3 rings (SSSR count). The van der Waals surface area contributed by atoms with Crippen molar-refractivity contribution in [3.8, 4) is 0 Å². The lowest BCUT2D eigenvalue weighted by atomic mass is 9.97. The fraction of sp³-hybridized carbons (Fsp3) is 0.118. The quantitative estimate of drug-likeness (QED) is 0.719. The number of anilines is 2. The number of benzene rings is 2. The SMILES string of the molecule is CC1=C(C(=O)O)C(c2cccc(Cl)c2Cl)Nc2ccccc2N1. The largest absolute Gasteiger partial charge is 0.478 e. The van der Waals surface area contributed by atoms with Crippen LogP contribution in [0, 0.1) is 0 Å². The minimum absolute atomic E-state index is 0.199. The first-order valence-corrected chi connectivity index (χ1v) is 7.75. The van der Waals surface area contributed by atoms with Gasteiger partial charge in [-0.3, -0.25) is 0 Å². The molecule has 1 aliphatic rings. The highest BCUT2D eigenvalue weighted by molar-refractivity contribution is 6.42. The van der Waals surface area contributed by atoms with Gasteiger partial charge in [0.25, 0.3) is 0 Å². The summed E-state index contributed by atoms with van der Waals surface area (Å²) < 4.78 is 0. The van der Waals surface area contributed by atoms with Crippen molar-refractivity contribution < 1.29 is 9.90 Å². The summed E-state index contributed by atoms with van der Waals surface area (Å²) in [4.78, 5) is 11.8. The topological polar surface area (TPSA) is 61.4 Å². The zero-order chi connectivity index (χ0) is 16.6. The highest BCUT2D eigenvalue weighted by Gasteiger charge is 2.30. The summed E-state index contributed by atoms with van der Waals surface area (Å²) in [5.41, 5.74) is 2.98. The zero-order valence-corrected chi connectivity index (χ0v) is 13.7. The number of carboxylic acid groups (broad SMARTS) is 1. The van der Waals surface area contributed by atoms with E-state index >= 15 is 0 Å². The van der Waals surface area contributed by atoms with Crippen LogP contribution < -0.4 is 10.6 Å². The highest BCUT2D eigenvalue weighted by atomic mass is 35.5. The number of halogens is 2. The Labute approximate surface area is 143 Å². The highest BCUT2D eigenvalue weighted by Crippen LogP contribution is 2.40. The van der Waals surface area contributed by atoms with Gasteiger partial charge in [0, 0.05) is 5.70 Å². The minimum atomic E-state index is -1.02. The molecule has 2 aromatic rings. The number of fused-ring (bicyclic) bond motifs is 1. The Balaban J connectivity index is 2.21. The van der Waals surface area contributed by atoms with Crippen molar-refractivity contribution >= 4 is 40.5 Å². The molecular formula is C17H14Cl2N2O2. The third kappa shape index (κ3) is 2.87. The van der Waals surface area contributed by atoms with Gasteiger partial charge in [0.2, 0.25) is 0 Å². The Hall–Kier alpha value is -2.17. The van der Waals surface area contributed by atoms with Crippen LogP contribution in [-0.4, -0.2) is 11.1 Å². The maximum absolute atomic E-state index is 11.8. The first-order valence-electron chi connectivity index (χ1n) is 6.99. The van der Waals surface area contributed by atoms with Gasteiger partial charge >= 0.3 is 5.97 Å². The van der Waals surface area contributed by atoms with Crippen molar-refractivity contribution in [1.82, 2.24) is 0 Å². The van der Waals surface area contributed by atoms with Gasteiger partial charge in [0.05, 0.1) is 33.0 Å². The second-order valence-electron chi connectivity index (χ2n) is 5.23. The molecule has 0 aliphatic carbocycles. The minimum Gasteiger partial charge on any atom is -0.478 e. The summed E-state index contributed by atoms with van der Waals surface area (Å²) >= 11 is 12.4. The van der Waals surface area contributed by atoms with Crippen LogP contribution in [0.2, 0.25) is 10.0 Å². The molecule has 3 N–H and O–H groups in total. The molecule has 23 heavy (non-hydrogen) atoms. The number of nitrogens with one attached hydrogen (secondary N) is 2. The number of rotatable bonds is 2. The first kappa shape index (κ1) is 15.7. The number of aliphatic carboxylic acids is 1. The molecule has 0 radical (unpaired) electrons. The molecule has 0 aromatic heterocycles. The molecule has 1 atom stereocenters. The van der Waals surface area contributed by atoms with E-state index in [0.29, 0.717) is 21.3 Å². The fourth-order valence-electron chi connectivity index (χ4n) is 2.69. The van der Waals surface area contributed by atoms with E-state index in [1.807, 2.05) is 24.3 Å². The molecule has 1 aliphatic heterocycles. The molecule has 0 spiro atoms. The van der Waals surface area contributed by atoms with Gasteiger partial charge in [0.15, 0.2) is 0 Å². The van der Waals surface area contributed by atoms with Gasteiger partial charge in [-0.15, -0.1) is 0 Å². The Morgan fingerprint density at radius 3 is 2.48 bits per heavy atom. The van der Waals surface area contributed by atoms with E-state index < -0.39 is 12.0 Å². The van der Waals surface area contributed by atoms with Crippen molar-refractivity contribution in [2.24, 2.45) is 0 Å². The average molecular weight is 349 g/mol. The van der Waals surface area contributed by atoms with Crippen LogP contribution in [-0.2, 0) is 4.79 Å². The monoisotopic (exact) mass is 348 g/mol. The van der Waals surface area contributed by atoms with Crippen LogP contribution in [0.3, 0.4) is 0 Å². The predicted octanol–water partition coefficient (Wildman–Crippen LogP) is 4.93. The Morgan fingerprint density at radius 1 is 1.09 bits per heavy atom. The van der Waals surface area contributed by atoms with Gasteiger partial charge in [-0.1, -0.05) is 47.5 Å². The number of hydrogen-bond donors (Lipinski definition) is 3. The average Bonchev–Trinajstić information content (AvgIpc) is 2.65. The summed E-state index contributed by atoms with van der Waals surface area (Å²) in [6.07, 6.45) is 0. The van der Waals surface area contributed by atoms with E-state index in [2.05, 4.69) is 10.6 Å².